The third kappa shape index (κ3) is 3.17. The number of carbonyl (C=O) groups excluding carboxylic acids is 3. The van der Waals surface area contributed by atoms with E-state index in [0.717, 1.165) is 6.42 Å². The smallest absolute Gasteiger partial charge is 0.331 e. The molecule has 7 heteroatoms. The summed E-state index contributed by atoms with van der Waals surface area (Å²) in [5.74, 6) is -1.31. The molecule has 3 fully saturated rings. The van der Waals surface area contributed by atoms with Crippen molar-refractivity contribution in [1.29, 1.82) is 0 Å². The maximum Gasteiger partial charge on any atom is 0.331 e. The molecular weight excluding hydrogens is 380 g/mol. The molecule has 6 atom stereocenters. The van der Waals surface area contributed by atoms with Gasteiger partial charge in [0.2, 0.25) is 0 Å². The van der Waals surface area contributed by atoms with Crippen molar-refractivity contribution in [3.05, 3.63) is 23.6 Å². The summed E-state index contributed by atoms with van der Waals surface area (Å²) in [6.45, 7) is 9.79. The van der Waals surface area contributed by atoms with Gasteiger partial charge in [0.25, 0.3) is 0 Å². The van der Waals surface area contributed by atoms with E-state index in [2.05, 4.69) is 20.4 Å². The van der Waals surface area contributed by atoms with Gasteiger partial charge in [-0.15, -0.1) is 11.8 Å². The van der Waals surface area contributed by atoms with Crippen molar-refractivity contribution in [2.45, 2.75) is 52.2 Å². The van der Waals surface area contributed by atoms with Gasteiger partial charge in [0, 0.05) is 18.9 Å². The maximum absolute atomic E-state index is 12.9. The number of rotatable bonds is 4. The lowest BCUT2D eigenvalue weighted by atomic mass is 9.61. The fourth-order valence-electron chi connectivity index (χ4n) is 5.38. The van der Waals surface area contributed by atoms with Crippen LogP contribution in [-0.4, -0.2) is 43.0 Å². The molecule has 0 radical (unpaired) electrons. The summed E-state index contributed by atoms with van der Waals surface area (Å²) in [5, 5.41) is 1.67. The van der Waals surface area contributed by atoms with Crippen LogP contribution in [0.15, 0.2) is 23.6 Å². The average Bonchev–Trinajstić information content (AvgIpc) is 3.06. The highest BCUT2D eigenvalue weighted by atomic mass is 32.2. The molecule has 0 aromatic heterocycles. The predicted molar refractivity (Wildman–Crippen MR) is 105 cm³/mol. The van der Waals surface area contributed by atoms with Crippen LogP contribution in [0.5, 0.6) is 0 Å². The Morgan fingerprint density at radius 3 is 2.61 bits per heavy atom. The Morgan fingerprint density at radius 1 is 1.32 bits per heavy atom. The minimum atomic E-state index is -1.07. The molecular formula is C21H28O6S. The molecule has 1 aliphatic heterocycles. The van der Waals surface area contributed by atoms with Crippen LogP contribution in [0.3, 0.4) is 0 Å². The first-order valence-corrected chi connectivity index (χ1v) is 10.9. The molecule has 2 aliphatic carbocycles. The van der Waals surface area contributed by atoms with Crippen LogP contribution in [-0.2, 0) is 28.6 Å². The van der Waals surface area contributed by atoms with E-state index in [9.17, 15) is 14.4 Å². The van der Waals surface area contributed by atoms with Gasteiger partial charge in [0.1, 0.15) is 24.2 Å². The molecule has 6 nitrogen and oxygen atoms in total. The molecule has 0 amide bonds. The van der Waals surface area contributed by atoms with Crippen molar-refractivity contribution in [3.8, 4) is 0 Å². The zero-order valence-electron chi connectivity index (χ0n) is 16.9. The van der Waals surface area contributed by atoms with E-state index >= 15 is 0 Å². The molecule has 0 aromatic rings. The summed E-state index contributed by atoms with van der Waals surface area (Å²) in [6, 6.07) is 0. The number of fused-ring (bicyclic) bond motifs is 1. The Bertz CT molecular complexity index is 712. The quantitative estimate of drug-likeness (QED) is 0.306. The van der Waals surface area contributed by atoms with Gasteiger partial charge in [-0.1, -0.05) is 20.4 Å². The maximum atomic E-state index is 12.9. The molecule has 0 N–H and O–H groups in total. The Kier molecular flexibility index (Phi) is 5.67. The Hall–Kier alpha value is -1.76. The van der Waals surface area contributed by atoms with E-state index in [0.29, 0.717) is 18.4 Å². The summed E-state index contributed by atoms with van der Waals surface area (Å²) in [6.07, 6.45) is 4.08. The molecule has 3 aliphatic rings. The van der Waals surface area contributed by atoms with Crippen molar-refractivity contribution in [2.75, 3.05) is 12.9 Å². The van der Waals surface area contributed by atoms with Crippen LogP contribution in [0.2, 0.25) is 0 Å². The standard InChI is InChI=1S/C21H28O6S/c1-12-6-7-15(27-16(23)8-9-28-5)17-18(26-14(3)22)21(11-20(12,17)4)13(2)10-25-19(21)24/h8-9,12,15,17-18H,2,6-7,10-11H2,1,3-5H3/t12-,15-,17+,18+,20+,21+/m0/s1. The number of hydrogen-bond donors (Lipinski definition) is 0. The molecule has 2 saturated carbocycles. The number of hydrogen-bond acceptors (Lipinski definition) is 7. The van der Waals surface area contributed by atoms with Crippen molar-refractivity contribution in [1.82, 2.24) is 0 Å². The van der Waals surface area contributed by atoms with Crippen LogP contribution in [0, 0.1) is 22.7 Å². The second kappa shape index (κ2) is 7.58. The van der Waals surface area contributed by atoms with E-state index < -0.39 is 29.6 Å². The minimum absolute atomic E-state index is 0.134. The molecule has 0 aromatic carbocycles. The normalized spacial score (nSPS) is 39.9. The third-order valence-electron chi connectivity index (χ3n) is 6.92. The van der Waals surface area contributed by atoms with E-state index in [1.54, 1.807) is 5.41 Å². The van der Waals surface area contributed by atoms with Crippen LogP contribution >= 0.6 is 11.8 Å². The van der Waals surface area contributed by atoms with E-state index in [-0.39, 0.29) is 29.8 Å². The first-order chi connectivity index (χ1) is 13.2. The van der Waals surface area contributed by atoms with Crippen molar-refractivity contribution >= 4 is 29.7 Å². The van der Waals surface area contributed by atoms with Gasteiger partial charge >= 0.3 is 17.9 Å². The van der Waals surface area contributed by atoms with Crippen molar-refractivity contribution in [2.24, 2.45) is 22.7 Å². The zero-order valence-corrected chi connectivity index (χ0v) is 17.7. The van der Waals surface area contributed by atoms with Gasteiger partial charge in [-0.05, 0) is 47.8 Å². The van der Waals surface area contributed by atoms with Gasteiger partial charge in [0.15, 0.2) is 0 Å². The number of esters is 3. The van der Waals surface area contributed by atoms with Crippen LogP contribution in [0.25, 0.3) is 0 Å². The molecule has 0 unspecified atom stereocenters. The highest BCUT2D eigenvalue weighted by Crippen LogP contribution is 2.66. The van der Waals surface area contributed by atoms with Gasteiger partial charge in [-0.3, -0.25) is 9.59 Å². The van der Waals surface area contributed by atoms with Crippen LogP contribution in [0.1, 0.15) is 40.0 Å². The van der Waals surface area contributed by atoms with E-state index in [4.69, 9.17) is 14.2 Å². The second-order valence-electron chi connectivity index (χ2n) is 8.38. The SMILES string of the molecule is C=C1COC(=O)[C@]12C[C@@]1(C)[C@H]([C@@H](OC(=O)C=CSC)CC[C@@H]1C)[C@H]2OC(C)=O. The Labute approximate surface area is 170 Å². The third-order valence-corrected chi connectivity index (χ3v) is 7.33. The van der Waals surface area contributed by atoms with Crippen molar-refractivity contribution < 1.29 is 28.6 Å². The van der Waals surface area contributed by atoms with Crippen LogP contribution in [0.4, 0.5) is 0 Å². The molecule has 0 bridgehead atoms. The highest BCUT2D eigenvalue weighted by molar-refractivity contribution is 8.01. The van der Waals surface area contributed by atoms with E-state index in [1.807, 2.05) is 6.26 Å². The molecule has 1 spiro atoms. The monoisotopic (exact) mass is 408 g/mol. The molecule has 1 heterocycles. The Morgan fingerprint density at radius 2 is 2.04 bits per heavy atom. The van der Waals surface area contributed by atoms with Crippen molar-refractivity contribution in [3.63, 3.8) is 0 Å². The topological polar surface area (TPSA) is 78.9 Å². The first-order valence-electron chi connectivity index (χ1n) is 9.59. The van der Waals surface area contributed by atoms with Crippen LogP contribution < -0.4 is 0 Å². The van der Waals surface area contributed by atoms with E-state index in [1.165, 1.54) is 24.8 Å². The van der Waals surface area contributed by atoms with Gasteiger partial charge in [-0.25, -0.2) is 4.79 Å². The Balaban J connectivity index is 2.03. The number of thioether (sulfide) groups is 1. The number of carbonyl (C=O) groups is 3. The largest absolute Gasteiger partial charge is 0.461 e. The number of cyclic esters (lactones) is 1. The minimum Gasteiger partial charge on any atom is -0.461 e. The molecule has 28 heavy (non-hydrogen) atoms. The molecule has 154 valence electrons. The first kappa shape index (κ1) is 21.0. The lowest BCUT2D eigenvalue weighted by molar-refractivity contribution is -0.172. The van der Waals surface area contributed by atoms with Gasteiger partial charge in [0.05, 0.1) is 0 Å². The lowest BCUT2D eigenvalue weighted by Crippen LogP contribution is -2.50. The molecule has 3 rings (SSSR count). The fourth-order valence-corrected chi connectivity index (χ4v) is 5.63. The molecule has 1 saturated heterocycles. The lowest BCUT2D eigenvalue weighted by Gasteiger charge is -2.46. The summed E-state index contributed by atoms with van der Waals surface area (Å²) in [4.78, 5) is 37.1. The second-order valence-corrected chi connectivity index (χ2v) is 9.13. The van der Waals surface area contributed by atoms with Gasteiger partial charge < -0.3 is 14.2 Å². The highest BCUT2D eigenvalue weighted by Gasteiger charge is 2.71. The fraction of sp³-hybridized carbons (Fsp3) is 0.667. The average molecular weight is 409 g/mol. The summed E-state index contributed by atoms with van der Waals surface area (Å²) < 4.78 is 16.9. The summed E-state index contributed by atoms with van der Waals surface area (Å²) >= 11 is 1.41. The number of ether oxygens (including phenoxy) is 3. The summed E-state index contributed by atoms with van der Waals surface area (Å²) in [5.41, 5.74) is -0.776. The van der Waals surface area contributed by atoms with Gasteiger partial charge in [-0.2, -0.15) is 0 Å². The summed E-state index contributed by atoms with van der Waals surface area (Å²) in [7, 11) is 0. The predicted octanol–water partition coefficient (Wildman–Crippen LogP) is 3.26. The zero-order chi connectivity index (χ0) is 20.7.